The highest BCUT2D eigenvalue weighted by atomic mass is 32.1. The fourth-order valence-corrected chi connectivity index (χ4v) is 5.28. The smallest absolute Gasteiger partial charge is 0.426 e. The highest BCUT2D eigenvalue weighted by Gasteiger charge is 2.61. The van der Waals surface area contributed by atoms with E-state index in [0.717, 1.165) is 34.5 Å². The van der Waals surface area contributed by atoms with Crippen LogP contribution in [0.25, 0.3) is 22.8 Å². The van der Waals surface area contributed by atoms with Crippen LogP contribution in [0, 0.1) is 6.92 Å². The second kappa shape index (κ2) is 13.5. The number of alkyl halides is 5. The monoisotopic (exact) mass is 671 g/mol. The molecule has 3 aromatic carbocycles. The van der Waals surface area contributed by atoms with Gasteiger partial charge in [-0.3, -0.25) is 9.99 Å². The minimum absolute atomic E-state index is 0.279. The number of nitrogens with zero attached hydrogens (tertiary/aromatic N) is 5. The third-order valence-electron chi connectivity index (χ3n) is 7.09. The Kier molecular flexibility index (Phi) is 9.58. The summed E-state index contributed by atoms with van der Waals surface area (Å²) >= 11 is 1.36. The van der Waals surface area contributed by atoms with Crippen LogP contribution in [-0.4, -0.2) is 37.6 Å². The quantitative estimate of drug-likeness (QED) is 0.124. The Morgan fingerprint density at radius 2 is 1.68 bits per heavy atom. The number of carbonyl (C=O) groups is 1. The van der Waals surface area contributed by atoms with E-state index in [0.29, 0.717) is 21.9 Å². The zero-order valence-electron chi connectivity index (χ0n) is 25.6. The Hall–Kier alpha value is -4.89. The van der Waals surface area contributed by atoms with Crippen LogP contribution in [0.5, 0.6) is 5.75 Å². The van der Waals surface area contributed by atoms with Gasteiger partial charge in [0.1, 0.15) is 12.1 Å². The van der Waals surface area contributed by atoms with Crippen LogP contribution in [-0.2, 0) is 0 Å². The van der Waals surface area contributed by atoms with Gasteiger partial charge in [0.2, 0.25) is 0 Å². The lowest BCUT2D eigenvalue weighted by Gasteiger charge is -2.20. The third-order valence-corrected chi connectivity index (χ3v) is 7.84. The first-order valence-electron chi connectivity index (χ1n) is 14.3. The van der Waals surface area contributed by atoms with E-state index in [1.54, 1.807) is 12.1 Å². The molecule has 15 heteroatoms. The van der Waals surface area contributed by atoms with Crippen molar-refractivity contribution in [2.24, 2.45) is 4.99 Å². The summed E-state index contributed by atoms with van der Waals surface area (Å²) in [4.78, 5) is 21.8. The maximum absolute atomic E-state index is 13.2. The number of aromatic nitrogens is 4. The number of rotatable bonds is 9. The second-order valence-corrected chi connectivity index (χ2v) is 11.8. The number of hydrazine groups is 1. The first-order chi connectivity index (χ1) is 22.2. The summed E-state index contributed by atoms with van der Waals surface area (Å²) in [6.07, 6.45) is -7.88. The second-order valence-electron chi connectivity index (χ2n) is 10.9. The summed E-state index contributed by atoms with van der Waals surface area (Å²) in [6, 6.07) is 17.2. The van der Waals surface area contributed by atoms with Gasteiger partial charge in [-0.05, 0) is 66.8 Å². The molecule has 0 spiro atoms. The summed E-state index contributed by atoms with van der Waals surface area (Å²) in [5.74, 6) is -0.0143. The topological polar surface area (TPSA) is 98.4 Å². The molecule has 0 bridgehead atoms. The van der Waals surface area contributed by atoms with Gasteiger partial charge >= 0.3 is 18.3 Å². The van der Waals surface area contributed by atoms with Crippen molar-refractivity contribution >= 4 is 17.4 Å². The number of nitrogens with one attached hydrogen (secondary N) is 2. The van der Waals surface area contributed by atoms with E-state index in [9.17, 15) is 26.7 Å². The van der Waals surface area contributed by atoms with Crippen LogP contribution in [0.2, 0.25) is 0 Å². The average molecular weight is 672 g/mol. The van der Waals surface area contributed by atoms with Crippen LogP contribution in [0.15, 0.2) is 89.6 Å². The van der Waals surface area contributed by atoms with Crippen LogP contribution in [0.3, 0.4) is 0 Å². The zero-order chi connectivity index (χ0) is 33.9. The van der Waals surface area contributed by atoms with Gasteiger partial charge in [-0.25, -0.2) is 19.9 Å². The number of aryl methyl sites for hydroxylation is 1. The lowest BCUT2D eigenvalue weighted by molar-refractivity contribution is -0.360. The molecule has 0 fully saturated rings. The fraction of sp³-hybridized carbons (Fsp3) is 0.250. The lowest BCUT2D eigenvalue weighted by Crippen LogP contribution is -2.41. The number of carbonyl (C=O) groups excluding carboxylic acids is 1. The number of urea groups is 1. The number of hydrogen-bond donors (Lipinski definition) is 2. The van der Waals surface area contributed by atoms with Gasteiger partial charge < -0.3 is 4.74 Å². The van der Waals surface area contributed by atoms with Crippen molar-refractivity contribution in [2.45, 2.75) is 51.9 Å². The van der Waals surface area contributed by atoms with Crippen molar-refractivity contribution in [3.63, 3.8) is 0 Å². The predicted molar refractivity (Wildman–Crippen MR) is 167 cm³/mol. The first-order valence-corrected chi connectivity index (χ1v) is 15.2. The SMILES string of the molecule is Cc1ccc(C(C)C)c(-n2ccsc2=NC(=O)NNC(C)c2ccc(-c3ncn(-c4ccc(OC(F)(F)C(F)(F)F)cc4)n3)cc2)c1. The van der Waals surface area contributed by atoms with Crippen molar-refractivity contribution in [2.75, 3.05) is 0 Å². The van der Waals surface area contributed by atoms with Gasteiger partial charge in [-0.15, -0.1) is 16.4 Å². The molecule has 0 aliphatic rings. The molecule has 9 nitrogen and oxygen atoms in total. The predicted octanol–water partition coefficient (Wildman–Crippen LogP) is 7.63. The molecule has 0 saturated heterocycles. The lowest BCUT2D eigenvalue weighted by atomic mass is 9.99. The molecule has 0 saturated carbocycles. The summed E-state index contributed by atoms with van der Waals surface area (Å²) in [7, 11) is 0. The van der Waals surface area contributed by atoms with E-state index in [4.69, 9.17) is 0 Å². The van der Waals surface area contributed by atoms with Crippen LogP contribution in [0.1, 0.15) is 49.4 Å². The molecule has 0 radical (unpaired) electrons. The number of thiazole rings is 1. The van der Waals surface area contributed by atoms with Gasteiger partial charge in [0.05, 0.1) is 11.4 Å². The number of amides is 2. The van der Waals surface area contributed by atoms with Gasteiger partial charge in [0.15, 0.2) is 10.6 Å². The molecule has 1 atom stereocenters. The Labute approximate surface area is 270 Å². The van der Waals surface area contributed by atoms with Crippen molar-refractivity contribution in [1.29, 1.82) is 0 Å². The molecule has 0 aliphatic carbocycles. The molecule has 47 heavy (non-hydrogen) atoms. The molecular weight excluding hydrogens is 641 g/mol. The number of halogens is 5. The standard InChI is InChI=1S/C32H30F5N7O2S/c1-19(2)26-14-5-20(3)17-27(26)43-15-16-47-30(43)39-29(45)41-40-21(4)22-6-8-23(9-7-22)28-38-18-44(42-28)24-10-12-25(13-11-24)46-32(36,37)31(33,34)35/h5-19,21,40H,1-4H3,(H,41,45). The molecule has 5 rings (SSSR count). The van der Waals surface area contributed by atoms with Gasteiger partial charge in [-0.1, -0.05) is 50.2 Å². The number of hydrogen-bond acceptors (Lipinski definition) is 6. The van der Waals surface area contributed by atoms with E-state index < -0.39 is 24.1 Å². The highest BCUT2D eigenvalue weighted by Crippen LogP contribution is 2.37. The van der Waals surface area contributed by atoms with Gasteiger partial charge in [0.25, 0.3) is 0 Å². The average Bonchev–Trinajstić information content (AvgIpc) is 3.70. The largest absolute Gasteiger partial charge is 0.499 e. The summed E-state index contributed by atoms with van der Waals surface area (Å²) in [5, 5.41) is 6.24. The molecule has 1 unspecified atom stereocenters. The van der Waals surface area contributed by atoms with Gasteiger partial charge in [-0.2, -0.15) is 26.9 Å². The van der Waals surface area contributed by atoms with Crippen LogP contribution in [0.4, 0.5) is 26.7 Å². The zero-order valence-corrected chi connectivity index (χ0v) is 26.4. The number of benzene rings is 3. The van der Waals surface area contributed by atoms with E-state index >= 15 is 0 Å². The minimum atomic E-state index is -5.84. The molecular formula is C32H30F5N7O2S. The molecule has 2 N–H and O–H groups in total. The Balaban J connectivity index is 1.21. The maximum atomic E-state index is 13.2. The molecule has 2 aromatic heterocycles. The van der Waals surface area contributed by atoms with E-state index in [2.05, 4.69) is 62.7 Å². The van der Waals surface area contributed by atoms with E-state index in [1.807, 2.05) is 42.1 Å². The fourth-order valence-electron chi connectivity index (χ4n) is 4.57. The van der Waals surface area contributed by atoms with E-state index in [-0.39, 0.29) is 12.0 Å². The summed E-state index contributed by atoms with van der Waals surface area (Å²) in [5.41, 5.74) is 10.7. The van der Waals surface area contributed by atoms with Crippen molar-refractivity contribution < 1.29 is 31.5 Å². The van der Waals surface area contributed by atoms with Crippen molar-refractivity contribution in [3.8, 4) is 28.5 Å². The molecule has 2 heterocycles. The summed E-state index contributed by atoms with van der Waals surface area (Å²) < 4.78 is 70.6. The Bertz CT molecular complexity index is 1910. The molecule has 2 amide bonds. The molecule has 5 aromatic rings. The number of ether oxygens (including phenoxy) is 1. The maximum Gasteiger partial charge on any atom is 0.499 e. The molecule has 0 aliphatic heterocycles. The Morgan fingerprint density at radius 1 is 0.979 bits per heavy atom. The van der Waals surface area contributed by atoms with Crippen LogP contribution < -0.4 is 20.4 Å². The summed E-state index contributed by atoms with van der Waals surface area (Å²) in [6.45, 7) is 8.12. The van der Waals surface area contributed by atoms with Crippen molar-refractivity contribution in [1.82, 2.24) is 30.2 Å². The minimum Gasteiger partial charge on any atom is -0.426 e. The van der Waals surface area contributed by atoms with Crippen LogP contribution >= 0.6 is 11.3 Å². The molecule has 246 valence electrons. The first kappa shape index (κ1) is 33.5. The Morgan fingerprint density at radius 3 is 2.34 bits per heavy atom. The highest BCUT2D eigenvalue weighted by molar-refractivity contribution is 7.07. The van der Waals surface area contributed by atoms with Crippen molar-refractivity contribution in [3.05, 3.63) is 106 Å². The third kappa shape index (κ3) is 7.74. The normalized spacial score (nSPS) is 13.2. The van der Waals surface area contributed by atoms with E-state index in [1.165, 1.54) is 34.5 Å². The van der Waals surface area contributed by atoms with Gasteiger partial charge in [0, 0.05) is 23.2 Å².